The van der Waals surface area contributed by atoms with Crippen LogP contribution in [0.25, 0.3) is 10.8 Å². The van der Waals surface area contributed by atoms with Crippen molar-refractivity contribution in [2.75, 3.05) is 6.61 Å². The molecule has 1 heterocycles. The summed E-state index contributed by atoms with van der Waals surface area (Å²) in [6.07, 6.45) is 0.787. The molecule has 4 aromatic carbocycles. The van der Waals surface area contributed by atoms with Crippen LogP contribution < -0.4 is 19.6 Å². The second-order valence-electron chi connectivity index (χ2n) is 7.64. The first-order valence-electron chi connectivity index (χ1n) is 10.7. The van der Waals surface area contributed by atoms with Gasteiger partial charge in [0.25, 0.3) is 5.91 Å². The number of carbonyl (C=O) groups is 1. The molecule has 0 bridgehead atoms. The molecule has 0 radical (unpaired) electrons. The first kappa shape index (κ1) is 20.6. The van der Waals surface area contributed by atoms with Crippen molar-refractivity contribution in [2.24, 2.45) is 5.10 Å². The Morgan fingerprint density at radius 3 is 2.52 bits per heavy atom. The van der Waals surface area contributed by atoms with E-state index in [1.54, 1.807) is 6.21 Å². The van der Waals surface area contributed by atoms with Crippen molar-refractivity contribution >= 4 is 22.9 Å². The van der Waals surface area contributed by atoms with Crippen LogP contribution in [0, 0.1) is 0 Å². The van der Waals surface area contributed by atoms with Gasteiger partial charge in [0.2, 0.25) is 6.10 Å². The monoisotopic (exact) mass is 438 g/mol. The lowest BCUT2D eigenvalue weighted by Crippen LogP contribution is -2.42. The fourth-order valence-electron chi connectivity index (χ4n) is 3.55. The van der Waals surface area contributed by atoms with Crippen LogP contribution in [-0.2, 0) is 11.4 Å². The molecule has 6 heteroatoms. The quantitative estimate of drug-likeness (QED) is 0.350. The zero-order valence-corrected chi connectivity index (χ0v) is 17.8. The lowest BCUT2D eigenvalue weighted by atomic mass is 10.1. The highest BCUT2D eigenvalue weighted by Crippen LogP contribution is 2.35. The number of ether oxygens (including phenoxy) is 3. The number of carbonyl (C=O) groups excluding carboxylic acids is 1. The molecule has 0 saturated heterocycles. The number of hydrogen-bond acceptors (Lipinski definition) is 5. The van der Waals surface area contributed by atoms with Crippen LogP contribution in [-0.4, -0.2) is 24.8 Å². The second kappa shape index (κ2) is 9.44. The predicted octanol–water partition coefficient (Wildman–Crippen LogP) is 4.71. The fourth-order valence-corrected chi connectivity index (χ4v) is 3.55. The third-order valence-corrected chi connectivity index (χ3v) is 5.26. The summed E-state index contributed by atoms with van der Waals surface area (Å²) in [6.45, 7) is 0.601. The molecule has 1 atom stereocenters. The van der Waals surface area contributed by atoms with Crippen LogP contribution >= 0.6 is 0 Å². The van der Waals surface area contributed by atoms with Crippen LogP contribution in [0.4, 0.5) is 0 Å². The van der Waals surface area contributed by atoms with E-state index in [-0.39, 0.29) is 12.5 Å². The van der Waals surface area contributed by atoms with Gasteiger partial charge in [0, 0.05) is 0 Å². The van der Waals surface area contributed by atoms with E-state index in [1.165, 1.54) is 0 Å². The zero-order chi connectivity index (χ0) is 22.5. The van der Waals surface area contributed by atoms with Gasteiger partial charge in [-0.05, 0) is 46.2 Å². The summed E-state index contributed by atoms with van der Waals surface area (Å²) in [5, 5.41) is 6.15. The molecule has 5 rings (SSSR count). The lowest BCUT2D eigenvalue weighted by molar-refractivity contribution is -0.130. The number of hydrazone groups is 1. The van der Waals surface area contributed by atoms with Crippen molar-refractivity contribution in [1.82, 2.24) is 5.43 Å². The summed E-state index contributed by atoms with van der Waals surface area (Å²) in [6, 6.07) is 29.2. The molecule has 1 aliphatic rings. The number of amides is 1. The van der Waals surface area contributed by atoms with Crippen LogP contribution in [0.1, 0.15) is 11.1 Å². The minimum Gasteiger partial charge on any atom is -0.489 e. The van der Waals surface area contributed by atoms with Crippen LogP contribution in [0.2, 0.25) is 0 Å². The maximum absolute atomic E-state index is 12.5. The van der Waals surface area contributed by atoms with Gasteiger partial charge in [-0.15, -0.1) is 0 Å². The zero-order valence-electron chi connectivity index (χ0n) is 17.8. The van der Waals surface area contributed by atoms with Gasteiger partial charge in [0.15, 0.2) is 11.5 Å². The number of nitrogens with zero attached hydrogens (tertiary/aromatic N) is 1. The molecule has 0 saturated carbocycles. The van der Waals surface area contributed by atoms with Gasteiger partial charge in [-0.2, -0.15) is 5.10 Å². The molecule has 33 heavy (non-hydrogen) atoms. The molecule has 0 aliphatic carbocycles. The van der Waals surface area contributed by atoms with Gasteiger partial charge >= 0.3 is 0 Å². The molecule has 164 valence electrons. The van der Waals surface area contributed by atoms with Crippen LogP contribution in [0.15, 0.2) is 96.1 Å². The average Bonchev–Trinajstić information content (AvgIpc) is 2.86. The van der Waals surface area contributed by atoms with E-state index >= 15 is 0 Å². The third-order valence-electron chi connectivity index (χ3n) is 5.26. The van der Waals surface area contributed by atoms with Crippen molar-refractivity contribution in [1.29, 1.82) is 0 Å². The average molecular weight is 438 g/mol. The second-order valence-corrected chi connectivity index (χ2v) is 7.64. The molecule has 0 aromatic heterocycles. The molecule has 6 nitrogen and oxygen atoms in total. The standard InChI is InChI=1S/C27H22N2O4/c30-27(26-18-32-24-14-21-10-4-5-11-22(21)15-25(24)33-26)29-28-16-20-9-6-12-23(13-20)31-17-19-7-2-1-3-8-19/h1-16,26H,17-18H2,(H,29,30)/b28-16-. The smallest absolute Gasteiger partial charge is 0.284 e. The van der Waals surface area contributed by atoms with Gasteiger partial charge in [0.05, 0.1) is 6.21 Å². The van der Waals surface area contributed by atoms with Gasteiger partial charge in [-0.3, -0.25) is 4.79 Å². The summed E-state index contributed by atoms with van der Waals surface area (Å²) in [4.78, 5) is 12.5. The molecular weight excluding hydrogens is 416 g/mol. The van der Waals surface area contributed by atoms with Crippen LogP contribution in [0.3, 0.4) is 0 Å². The molecule has 1 amide bonds. The van der Waals surface area contributed by atoms with E-state index in [0.717, 1.165) is 27.6 Å². The van der Waals surface area contributed by atoms with E-state index in [0.29, 0.717) is 18.1 Å². The largest absolute Gasteiger partial charge is 0.489 e. The SMILES string of the molecule is O=C(N/N=C\c1cccc(OCc2ccccc2)c1)C1COc2cc3ccccc3cc2O1. The Kier molecular flexibility index (Phi) is 5.89. The summed E-state index contributed by atoms with van der Waals surface area (Å²) >= 11 is 0. The van der Waals surface area contributed by atoms with Crippen molar-refractivity contribution in [3.05, 3.63) is 102 Å². The van der Waals surface area contributed by atoms with Gasteiger partial charge in [-0.1, -0.05) is 66.7 Å². The van der Waals surface area contributed by atoms with E-state index in [1.807, 2.05) is 91.0 Å². The van der Waals surface area contributed by atoms with E-state index in [2.05, 4.69) is 10.5 Å². The van der Waals surface area contributed by atoms with Crippen LogP contribution in [0.5, 0.6) is 17.2 Å². The molecule has 1 N–H and O–H groups in total. The molecule has 1 unspecified atom stereocenters. The summed E-state index contributed by atoms with van der Waals surface area (Å²) in [5.41, 5.74) is 4.43. The van der Waals surface area contributed by atoms with Crippen molar-refractivity contribution in [3.8, 4) is 17.2 Å². The minimum absolute atomic E-state index is 0.121. The fraction of sp³-hybridized carbons (Fsp3) is 0.111. The van der Waals surface area contributed by atoms with Crippen molar-refractivity contribution < 1.29 is 19.0 Å². The maximum Gasteiger partial charge on any atom is 0.284 e. The highest BCUT2D eigenvalue weighted by atomic mass is 16.6. The van der Waals surface area contributed by atoms with E-state index in [4.69, 9.17) is 14.2 Å². The lowest BCUT2D eigenvalue weighted by Gasteiger charge is -2.25. The topological polar surface area (TPSA) is 69.2 Å². The van der Waals surface area contributed by atoms with Gasteiger partial charge in [-0.25, -0.2) is 5.43 Å². The number of fused-ring (bicyclic) bond motifs is 2. The minimum atomic E-state index is -0.781. The van der Waals surface area contributed by atoms with E-state index in [9.17, 15) is 4.79 Å². The Morgan fingerprint density at radius 2 is 1.70 bits per heavy atom. The Balaban J connectivity index is 1.18. The molecule has 4 aromatic rings. The summed E-state index contributed by atoms with van der Waals surface area (Å²) < 4.78 is 17.5. The van der Waals surface area contributed by atoms with Crippen molar-refractivity contribution in [3.63, 3.8) is 0 Å². The van der Waals surface area contributed by atoms with Crippen molar-refractivity contribution in [2.45, 2.75) is 12.7 Å². The molecule has 1 aliphatic heterocycles. The maximum atomic E-state index is 12.5. The number of rotatable bonds is 6. The highest BCUT2D eigenvalue weighted by Gasteiger charge is 2.27. The molecular formula is C27H22N2O4. The summed E-state index contributed by atoms with van der Waals surface area (Å²) in [7, 11) is 0. The Bertz CT molecular complexity index is 1300. The molecule has 0 spiro atoms. The predicted molar refractivity (Wildman–Crippen MR) is 127 cm³/mol. The van der Waals surface area contributed by atoms with Gasteiger partial charge in [0.1, 0.15) is 19.0 Å². The number of benzene rings is 4. The summed E-state index contributed by atoms with van der Waals surface area (Å²) in [5.74, 6) is 1.53. The third kappa shape index (κ3) is 4.96. The van der Waals surface area contributed by atoms with E-state index < -0.39 is 6.10 Å². The Hall–Kier alpha value is -4.32. The Morgan fingerprint density at radius 1 is 0.939 bits per heavy atom. The first-order valence-corrected chi connectivity index (χ1v) is 10.7. The normalized spacial score (nSPS) is 14.8. The number of nitrogens with one attached hydrogen (secondary N) is 1. The van der Waals surface area contributed by atoms with Gasteiger partial charge < -0.3 is 14.2 Å². The molecule has 0 fully saturated rings. The highest BCUT2D eigenvalue weighted by molar-refractivity contribution is 5.88. The number of hydrogen-bond donors (Lipinski definition) is 1. The Labute approximate surface area is 191 Å². The first-order chi connectivity index (χ1) is 16.2.